The SMILES string of the molecule is NC(=O)C1CCCN1c1nc(-c2ccccc2)nc2[nH]c(CN3CCC(O)(c4ccccc4)CC3)cc12. The van der Waals surface area contributed by atoms with E-state index in [4.69, 9.17) is 15.7 Å². The maximum absolute atomic E-state index is 12.2. The highest BCUT2D eigenvalue weighted by Crippen LogP contribution is 2.35. The monoisotopic (exact) mass is 496 g/mol. The number of nitrogens with one attached hydrogen (secondary N) is 1. The smallest absolute Gasteiger partial charge is 0.240 e. The first-order valence-electron chi connectivity index (χ1n) is 13.0. The third kappa shape index (κ3) is 4.58. The molecule has 2 aromatic carbocycles. The number of rotatable bonds is 6. The maximum atomic E-state index is 12.2. The van der Waals surface area contributed by atoms with Crippen LogP contribution in [0.3, 0.4) is 0 Å². The molecule has 1 atom stereocenters. The Labute approximate surface area is 216 Å². The van der Waals surface area contributed by atoms with Crippen LogP contribution in [-0.2, 0) is 16.9 Å². The van der Waals surface area contributed by atoms with E-state index in [0.717, 1.165) is 72.7 Å². The van der Waals surface area contributed by atoms with E-state index < -0.39 is 5.60 Å². The van der Waals surface area contributed by atoms with Gasteiger partial charge in [0.05, 0.1) is 11.0 Å². The Morgan fingerprint density at radius 1 is 1.03 bits per heavy atom. The number of nitrogens with two attached hydrogens (primary N) is 1. The number of hydrogen-bond donors (Lipinski definition) is 3. The van der Waals surface area contributed by atoms with Crippen molar-refractivity contribution in [1.82, 2.24) is 19.9 Å². The van der Waals surface area contributed by atoms with Gasteiger partial charge in [-0.2, -0.15) is 0 Å². The molecular weight excluding hydrogens is 464 g/mol. The van der Waals surface area contributed by atoms with E-state index in [1.54, 1.807) is 0 Å². The summed E-state index contributed by atoms with van der Waals surface area (Å²) in [6, 6.07) is 21.6. The van der Waals surface area contributed by atoms with Crippen LogP contribution in [0.4, 0.5) is 5.82 Å². The van der Waals surface area contributed by atoms with Crippen molar-refractivity contribution in [3.8, 4) is 11.4 Å². The standard InChI is InChI=1S/C29H32N6O2/c30-25(36)24-12-7-15-35(24)28-23-18-22(31-27(23)32-26(33-28)20-8-3-1-4-9-20)19-34-16-13-29(37,14-17-34)21-10-5-2-6-11-21/h1-6,8-11,18,24,37H,7,12-17,19H2,(H2,30,36)(H,31,32,33). The summed E-state index contributed by atoms with van der Waals surface area (Å²) in [5.41, 5.74) is 8.68. The highest BCUT2D eigenvalue weighted by Gasteiger charge is 2.35. The third-order valence-corrected chi connectivity index (χ3v) is 7.80. The van der Waals surface area contributed by atoms with E-state index in [2.05, 4.69) is 16.0 Å². The van der Waals surface area contributed by atoms with Crippen LogP contribution < -0.4 is 10.6 Å². The first-order valence-corrected chi connectivity index (χ1v) is 13.0. The van der Waals surface area contributed by atoms with Crippen LogP contribution in [0.25, 0.3) is 22.4 Å². The molecule has 4 aromatic rings. The number of anilines is 1. The van der Waals surface area contributed by atoms with E-state index in [-0.39, 0.29) is 11.9 Å². The predicted molar refractivity (Wildman–Crippen MR) is 144 cm³/mol. The molecule has 190 valence electrons. The minimum atomic E-state index is -0.777. The molecule has 0 bridgehead atoms. The lowest BCUT2D eigenvalue weighted by molar-refractivity contribution is -0.119. The molecule has 0 radical (unpaired) electrons. The highest BCUT2D eigenvalue weighted by molar-refractivity contribution is 5.93. The number of hydrogen-bond acceptors (Lipinski definition) is 6. The normalized spacial score (nSPS) is 19.9. The molecule has 2 aromatic heterocycles. The van der Waals surface area contributed by atoms with Gasteiger partial charge in [-0.05, 0) is 37.3 Å². The summed E-state index contributed by atoms with van der Waals surface area (Å²) in [5.74, 6) is 1.06. The number of H-pyrrole nitrogens is 1. The molecule has 2 fully saturated rings. The Kier molecular flexibility index (Phi) is 6.14. The number of primary amides is 1. The Morgan fingerprint density at radius 3 is 2.43 bits per heavy atom. The quantitative estimate of drug-likeness (QED) is 0.376. The topological polar surface area (TPSA) is 111 Å². The van der Waals surface area contributed by atoms with Crippen molar-refractivity contribution in [1.29, 1.82) is 0 Å². The van der Waals surface area contributed by atoms with Gasteiger partial charge in [0.2, 0.25) is 5.91 Å². The first-order chi connectivity index (χ1) is 18.0. The fourth-order valence-electron chi connectivity index (χ4n) is 5.74. The Morgan fingerprint density at radius 2 is 1.73 bits per heavy atom. The zero-order chi connectivity index (χ0) is 25.4. The molecule has 1 amide bonds. The zero-order valence-corrected chi connectivity index (χ0v) is 20.8. The lowest BCUT2D eigenvalue weighted by atomic mass is 9.84. The fraction of sp³-hybridized carbons (Fsp3) is 0.345. The van der Waals surface area contributed by atoms with Crippen molar-refractivity contribution in [3.05, 3.63) is 78.0 Å². The molecule has 6 rings (SSSR count). The molecule has 0 spiro atoms. The third-order valence-electron chi connectivity index (χ3n) is 7.80. The number of piperidine rings is 1. The molecule has 8 heteroatoms. The van der Waals surface area contributed by atoms with Crippen molar-refractivity contribution >= 4 is 22.8 Å². The van der Waals surface area contributed by atoms with Gasteiger partial charge in [0.1, 0.15) is 17.5 Å². The maximum Gasteiger partial charge on any atom is 0.240 e. The Hall–Kier alpha value is -3.75. The molecule has 4 heterocycles. The molecule has 2 saturated heterocycles. The number of aromatic nitrogens is 3. The lowest BCUT2D eigenvalue weighted by Gasteiger charge is -2.38. The number of likely N-dealkylation sites (tertiary alicyclic amines) is 1. The van der Waals surface area contributed by atoms with Gasteiger partial charge in [-0.3, -0.25) is 9.69 Å². The molecule has 37 heavy (non-hydrogen) atoms. The second kappa shape index (κ2) is 9.61. The number of amides is 1. The average Bonchev–Trinajstić information content (AvgIpc) is 3.58. The molecule has 1 unspecified atom stereocenters. The summed E-state index contributed by atoms with van der Waals surface area (Å²) in [5, 5.41) is 12.1. The number of fused-ring (bicyclic) bond motifs is 1. The second-order valence-electron chi connectivity index (χ2n) is 10.2. The first kappa shape index (κ1) is 23.6. The number of aromatic amines is 1. The minimum absolute atomic E-state index is 0.319. The highest BCUT2D eigenvalue weighted by atomic mass is 16.3. The zero-order valence-electron chi connectivity index (χ0n) is 20.8. The molecule has 2 aliphatic rings. The van der Waals surface area contributed by atoms with Crippen molar-refractivity contribution in [2.45, 2.75) is 43.9 Å². The summed E-state index contributed by atoms with van der Waals surface area (Å²) in [6.45, 7) is 3.05. The number of aliphatic hydroxyl groups is 1. The number of carbonyl (C=O) groups is 1. The van der Waals surface area contributed by atoms with Crippen molar-refractivity contribution in [2.75, 3.05) is 24.5 Å². The molecule has 8 nitrogen and oxygen atoms in total. The van der Waals surface area contributed by atoms with Crippen LogP contribution in [0.2, 0.25) is 0 Å². The van der Waals surface area contributed by atoms with Gasteiger partial charge in [0.15, 0.2) is 5.82 Å². The fourth-order valence-corrected chi connectivity index (χ4v) is 5.74. The van der Waals surface area contributed by atoms with Gasteiger partial charge >= 0.3 is 0 Å². The molecule has 4 N–H and O–H groups in total. The molecule has 2 aliphatic heterocycles. The van der Waals surface area contributed by atoms with E-state index in [9.17, 15) is 9.90 Å². The Bertz CT molecular complexity index is 1400. The largest absolute Gasteiger partial charge is 0.385 e. The number of benzene rings is 2. The molecular formula is C29H32N6O2. The number of carbonyl (C=O) groups excluding carboxylic acids is 1. The number of nitrogens with zero attached hydrogens (tertiary/aromatic N) is 4. The van der Waals surface area contributed by atoms with Gasteiger partial charge in [0.25, 0.3) is 0 Å². The predicted octanol–water partition coefficient (Wildman–Crippen LogP) is 3.56. The summed E-state index contributed by atoms with van der Waals surface area (Å²) in [6.07, 6.45) is 3.01. The van der Waals surface area contributed by atoms with E-state index >= 15 is 0 Å². The van der Waals surface area contributed by atoms with Gasteiger partial charge in [-0.25, -0.2) is 9.97 Å². The average molecular weight is 497 g/mol. The van der Waals surface area contributed by atoms with E-state index in [1.165, 1.54) is 0 Å². The lowest BCUT2D eigenvalue weighted by Crippen LogP contribution is -2.42. The van der Waals surface area contributed by atoms with Crippen LogP contribution in [0, 0.1) is 0 Å². The Balaban J connectivity index is 1.29. The van der Waals surface area contributed by atoms with E-state index in [0.29, 0.717) is 18.7 Å². The van der Waals surface area contributed by atoms with Gasteiger partial charge < -0.3 is 20.7 Å². The van der Waals surface area contributed by atoms with E-state index in [1.807, 2.05) is 65.6 Å². The van der Waals surface area contributed by atoms with Crippen molar-refractivity contribution < 1.29 is 9.90 Å². The van der Waals surface area contributed by atoms with Crippen LogP contribution in [-0.4, -0.2) is 56.5 Å². The summed E-state index contributed by atoms with van der Waals surface area (Å²) >= 11 is 0. The van der Waals surface area contributed by atoms with Crippen molar-refractivity contribution in [3.63, 3.8) is 0 Å². The van der Waals surface area contributed by atoms with Crippen LogP contribution in [0.15, 0.2) is 66.7 Å². The van der Waals surface area contributed by atoms with Gasteiger partial charge in [-0.15, -0.1) is 0 Å². The molecule has 0 saturated carbocycles. The minimum Gasteiger partial charge on any atom is -0.385 e. The molecule has 0 aliphatic carbocycles. The van der Waals surface area contributed by atoms with Gasteiger partial charge in [-0.1, -0.05) is 60.7 Å². The van der Waals surface area contributed by atoms with Crippen LogP contribution in [0.1, 0.15) is 36.9 Å². The summed E-state index contributed by atoms with van der Waals surface area (Å²) < 4.78 is 0. The summed E-state index contributed by atoms with van der Waals surface area (Å²) in [7, 11) is 0. The second-order valence-corrected chi connectivity index (χ2v) is 10.2. The van der Waals surface area contributed by atoms with Crippen LogP contribution in [0.5, 0.6) is 0 Å². The van der Waals surface area contributed by atoms with Crippen molar-refractivity contribution in [2.24, 2.45) is 5.73 Å². The van der Waals surface area contributed by atoms with Gasteiger partial charge in [0, 0.05) is 37.4 Å². The summed E-state index contributed by atoms with van der Waals surface area (Å²) in [4.78, 5) is 29.9. The van der Waals surface area contributed by atoms with Crippen LogP contribution >= 0.6 is 0 Å².